The van der Waals surface area contributed by atoms with E-state index >= 15 is 0 Å². The molecule has 0 spiro atoms. The van der Waals surface area contributed by atoms with Crippen molar-refractivity contribution in [2.24, 2.45) is 0 Å². The molecule has 0 saturated carbocycles. The first-order valence-corrected chi connectivity index (χ1v) is 5.88. The molecule has 0 aliphatic rings. The van der Waals surface area contributed by atoms with Gasteiger partial charge in [-0.15, -0.1) is 0 Å². The fourth-order valence-electron chi connectivity index (χ4n) is 1.53. The fraction of sp³-hybridized carbons (Fsp3) is 0.231. The molecular formula is C13H13FOS. The van der Waals surface area contributed by atoms with Gasteiger partial charge in [-0.3, -0.25) is 0 Å². The molecule has 2 rings (SSSR count). The largest absolute Gasteiger partial charge is 0.461 e. The zero-order valence-electron chi connectivity index (χ0n) is 8.82. The van der Waals surface area contributed by atoms with Gasteiger partial charge in [-0.25, -0.2) is 4.39 Å². The molecule has 0 atom stereocenters. The predicted octanol–water partition coefficient (Wildman–Crippen LogP) is 3.95. The number of halogens is 1. The van der Waals surface area contributed by atoms with E-state index < -0.39 is 0 Å². The third kappa shape index (κ3) is 2.67. The number of furan rings is 1. The Labute approximate surface area is 99.7 Å². The van der Waals surface area contributed by atoms with Crippen LogP contribution in [0, 0.1) is 5.82 Å². The van der Waals surface area contributed by atoms with E-state index in [1.807, 2.05) is 12.1 Å². The van der Waals surface area contributed by atoms with Gasteiger partial charge in [0.05, 0.1) is 0 Å². The Morgan fingerprint density at radius 3 is 2.50 bits per heavy atom. The summed E-state index contributed by atoms with van der Waals surface area (Å²) in [5, 5.41) is 0. The Balaban J connectivity index is 2.15. The predicted molar refractivity (Wildman–Crippen MR) is 66.3 cm³/mol. The Hall–Kier alpha value is -1.22. The fourth-order valence-corrected chi connectivity index (χ4v) is 1.69. The minimum absolute atomic E-state index is 0.231. The van der Waals surface area contributed by atoms with Gasteiger partial charge in [0.1, 0.15) is 17.3 Å². The minimum Gasteiger partial charge on any atom is -0.461 e. The van der Waals surface area contributed by atoms with Crippen LogP contribution in [0.1, 0.15) is 12.2 Å². The van der Waals surface area contributed by atoms with Crippen LogP contribution < -0.4 is 0 Å². The Bertz CT molecular complexity index is 447. The molecule has 0 N–H and O–H groups in total. The first-order chi connectivity index (χ1) is 7.79. The molecule has 0 bridgehead atoms. The van der Waals surface area contributed by atoms with Crippen molar-refractivity contribution < 1.29 is 8.81 Å². The lowest BCUT2D eigenvalue weighted by Crippen LogP contribution is -1.82. The Morgan fingerprint density at radius 2 is 1.81 bits per heavy atom. The summed E-state index contributed by atoms with van der Waals surface area (Å²) in [6.07, 6.45) is 1.89. The number of rotatable bonds is 4. The lowest BCUT2D eigenvalue weighted by atomic mass is 10.2. The van der Waals surface area contributed by atoms with Crippen molar-refractivity contribution in [2.75, 3.05) is 5.75 Å². The number of hydrogen-bond donors (Lipinski definition) is 1. The smallest absolute Gasteiger partial charge is 0.134 e. The van der Waals surface area contributed by atoms with Gasteiger partial charge in [-0.1, -0.05) is 0 Å². The molecule has 1 nitrogen and oxygen atoms in total. The number of hydrogen-bond acceptors (Lipinski definition) is 2. The zero-order chi connectivity index (χ0) is 11.4. The lowest BCUT2D eigenvalue weighted by Gasteiger charge is -1.97. The maximum atomic E-state index is 12.7. The van der Waals surface area contributed by atoms with Crippen LogP contribution in [0.4, 0.5) is 4.39 Å². The average molecular weight is 236 g/mol. The normalized spacial score (nSPS) is 10.6. The molecule has 0 unspecified atom stereocenters. The summed E-state index contributed by atoms with van der Waals surface area (Å²) in [6.45, 7) is 0. The van der Waals surface area contributed by atoms with E-state index in [4.69, 9.17) is 4.42 Å². The monoisotopic (exact) mass is 236 g/mol. The summed E-state index contributed by atoms with van der Waals surface area (Å²) in [5.41, 5.74) is 0.901. The number of aryl methyl sites for hydroxylation is 1. The van der Waals surface area contributed by atoms with E-state index in [0.29, 0.717) is 0 Å². The molecule has 2 aromatic rings. The van der Waals surface area contributed by atoms with Crippen LogP contribution in [0.2, 0.25) is 0 Å². The molecular weight excluding hydrogens is 223 g/mol. The van der Waals surface area contributed by atoms with Gasteiger partial charge < -0.3 is 4.42 Å². The van der Waals surface area contributed by atoms with Gasteiger partial charge in [0.2, 0.25) is 0 Å². The highest BCUT2D eigenvalue weighted by molar-refractivity contribution is 7.80. The van der Waals surface area contributed by atoms with Crippen molar-refractivity contribution in [1.29, 1.82) is 0 Å². The quantitative estimate of drug-likeness (QED) is 0.793. The van der Waals surface area contributed by atoms with Crippen molar-refractivity contribution in [1.82, 2.24) is 0 Å². The molecule has 0 saturated heterocycles. The van der Waals surface area contributed by atoms with Gasteiger partial charge in [0.25, 0.3) is 0 Å². The summed E-state index contributed by atoms with van der Waals surface area (Å²) >= 11 is 4.16. The molecule has 0 aliphatic carbocycles. The zero-order valence-corrected chi connectivity index (χ0v) is 9.71. The van der Waals surface area contributed by atoms with Crippen LogP contribution in [0.3, 0.4) is 0 Å². The highest BCUT2D eigenvalue weighted by atomic mass is 32.1. The van der Waals surface area contributed by atoms with Gasteiger partial charge >= 0.3 is 0 Å². The van der Waals surface area contributed by atoms with E-state index in [1.165, 1.54) is 12.1 Å². The third-order valence-electron chi connectivity index (χ3n) is 2.37. The Morgan fingerprint density at radius 1 is 1.06 bits per heavy atom. The van der Waals surface area contributed by atoms with E-state index in [0.717, 1.165) is 35.7 Å². The summed E-state index contributed by atoms with van der Waals surface area (Å²) < 4.78 is 18.4. The van der Waals surface area contributed by atoms with E-state index in [-0.39, 0.29) is 5.82 Å². The van der Waals surface area contributed by atoms with Gasteiger partial charge in [-0.05, 0) is 48.6 Å². The van der Waals surface area contributed by atoms with Crippen molar-refractivity contribution in [3.8, 4) is 11.3 Å². The second kappa shape index (κ2) is 5.21. The number of thiol groups is 1. The highest BCUT2D eigenvalue weighted by Crippen LogP contribution is 2.22. The van der Waals surface area contributed by atoms with E-state index in [2.05, 4.69) is 12.6 Å². The van der Waals surface area contributed by atoms with Crippen LogP contribution in [0.5, 0.6) is 0 Å². The molecule has 3 heteroatoms. The molecule has 0 fully saturated rings. The van der Waals surface area contributed by atoms with Crippen molar-refractivity contribution in [2.45, 2.75) is 12.8 Å². The summed E-state index contributed by atoms with van der Waals surface area (Å²) in [6, 6.07) is 10.2. The van der Waals surface area contributed by atoms with Gasteiger partial charge in [0.15, 0.2) is 0 Å². The molecule has 84 valence electrons. The van der Waals surface area contributed by atoms with Crippen LogP contribution >= 0.6 is 12.6 Å². The average Bonchev–Trinajstić information content (AvgIpc) is 2.76. The maximum absolute atomic E-state index is 12.7. The SMILES string of the molecule is Fc1ccc(-c2ccc(CCCS)o2)cc1. The van der Waals surface area contributed by atoms with Crippen LogP contribution in [0.15, 0.2) is 40.8 Å². The van der Waals surface area contributed by atoms with Crippen molar-refractivity contribution >= 4 is 12.6 Å². The molecule has 1 aromatic carbocycles. The van der Waals surface area contributed by atoms with E-state index in [1.54, 1.807) is 12.1 Å². The number of benzene rings is 1. The van der Waals surface area contributed by atoms with Crippen molar-refractivity contribution in [3.05, 3.63) is 48.0 Å². The van der Waals surface area contributed by atoms with Gasteiger partial charge in [0, 0.05) is 12.0 Å². The molecule has 1 aromatic heterocycles. The molecule has 0 amide bonds. The standard InChI is InChI=1S/C13H13FOS/c14-11-5-3-10(4-6-11)13-8-7-12(15-13)2-1-9-16/h3-8,16H,1-2,9H2. The first kappa shape index (κ1) is 11.3. The van der Waals surface area contributed by atoms with Crippen LogP contribution in [-0.4, -0.2) is 5.75 Å². The van der Waals surface area contributed by atoms with Crippen molar-refractivity contribution in [3.63, 3.8) is 0 Å². The highest BCUT2D eigenvalue weighted by Gasteiger charge is 2.04. The summed E-state index contributed by atoms with van der Waals surface area (Å²) in [4.78, 5) is 0. The molecule has 1 heterocycles. The lowest BCUT2D eigenvalue weighted by molar-refractivity contribution is 0.519. The second-order valence-corrected chi connectivity index (χ2v) is 4.05. The minimum atomic E-state index is -0.231. The van der Waals surface area contributed by atoms with Gasteiger partial charge in [-0.2, -0.15) is 12.6 Å². The maximum Gasteiger partial charge on any atom is 0.134 e. The third-order valence-corrected chi connectivity index (χ3v) is 2.69. The Kier molecular flexibility index (Phi) is 3.67. The van der Waals surface area contributed by atoms with Crippen LogP contribution in [-0.2, 0) is 6.42 Å². The van der Waals surface area contributed by atoms with E-state index in [9.17, 15) is 4.39 Å². The molecule has 0 radical (unpaired) electrons. The molecule has 16 heavy (non-hydrogen) atoms. The topological polar surface area (TPSA) is 13.1 Å². The first-order valence-electron chi connectivity index (χ1n) is 5.25. The summed E-state index contributed by atoms with van der Waals surface area (Å²) in [7, 11) is 0. The van der Waals surface area contributed by atoms with Crippen LogP contribution in [0.25, 0.3) is 11.3 Å². The summed E-state index contributed by atoms with van der Waals surface area (Å²) in [5.74, 6) is 2.36. The second-order valence-electron chi connectivity index (χ2n) is 3.60. The molecule has 0 aliphatic heterocycles.